The van der Waals surface area contributed by atoms with Crippen molar-refractivity contribution in [3.63, 3.8) is 0 Å². The smallest absolute Gasteiger partial charge is 0.305 e. The van der Waals surface area contributed by atoms with Crippen molar-refractivity contribution in [1.82, 2.24) is 5.32 Å². The van der Waals surface area contributed by atoms with E-state index >= 15 is 0 Å². The number of hydrogen-bond acceptors (Lipinski definition) is 3. The fraction of sp³-hybridized carbons (Fsp3) is 0.200. The third-order valence-corrected chi connectivity index (χ3v) is 5.72. The van der Waals surface area contributed by atoms with Gasteiger partial charge in [0.1, 0.15) is 0 Å². The van der Waals surface area contributed by atoms with Crippen LogP contribution in [0.1, 0.15) is 47.9 Å². The molecule has 0 fully saturated rings. The summed E-state index contributed by atoms with van der Waals surface area (Å²) in [5.41, 5.74) is 0.241. The van der Waals surface area contributed by atoms with E-state index in [9.17, 15) is 14.0 Å². The van der Waals surface area contributed by atoms with Crippen molar-refractivity contribution < 1.29 is 23.8 Å². The molecule has 0 aliphatic heterocycles. The number of carboxylic acids is 1. The molecule has 0 heterocycles. The second-order valence-corrected chi connectivity index (χ2v) is 9.55. The maximum atomic E-state index is 15.0. The first-order chi connectivity index (χ1) is 15.9. The molecule has 5 nitrogen and oxygen atoms in total. The normalized spacial score (nSPS) is 12.2. The average molecular weight is 525 g/mol. The van der Waals surface area contributed by atoms with Gasteiger partial charge in [0.15, 0.2) is 17.7 Å². The maximum Gasteiger partial charge on any atom is 0.305 e. The number of carbonyl (C=O) groups excluding carboxylic acids is 1. The lowest BCUT2D eigenvalue weighted by molar-refractivity contribution is -0.138. The maximum absolute atomic E-state index is 15.0. The molecule has 1 unspecified atom stereocenters. The predicted octanol–water partition coefficient (Wildman–Crippen LogP) is 6.94. The molecule has 1 amide bonds. The summed E-state index contributed by atoms with van der Waals surface area (Å²) < 4.78 is 21.0. The number of halogens is 4. The molecule has 3 rings (SSSR count). The zero-order valence-corrected chi connectivity index (χ0v) is 20.5. The molecule has 0 spiro atoms. The van der Waals surface area contributed by atoms with E-state index in [2.05, 4.69) is 5.32 Å². The van der Waals surface area contributed by atoms with Crippen LogP contribution in [0.3, 0.4) is 0 Å². The zero-order chi connectivity index (χ0) is 25.0. The van der Waals surface area contributed by atoms with Crippen LogP contribution in [-0.4, -0.2) is 22.5 Å². The highest BCUT2D eigenvalue weighted by Gasteiger charge is 2.26. The summed E-state index contributed by atoms with van der Waals surface area (Å²) in [7, 11) is 0. The Morgan fingerprint density at radius 1 is 1.00 bits per heavy atom. The first kappa shape index (κ1) is 25.8. The van der Waals surface area contributed by atoms with Crippen molar-refractivity contribution in [2.75, 3.05) is 0 Å². The average Bonchev–Trinajstić information content (AvgIpc) is 2.73. The summed E-state index contributed by atoms with van der Waals surface area (Å²) in [5.74, 6) is -2.54. The monoisotopic (exact) mass is 523 g/mol. The van der Waals surface area contributed by atoms with Gasteiger partial charge in [0.2, 0.25) is 0 Å². The van der Waals surface area contributed by atoms with Crippen LogP contribution in [0.4, 0.5) is 4.39 Å². The Morgan fingerprint density at radius 3 is 2.24 bits per heavy atom. The lowest BCUT2D eigenvalue weighted by atomic mass is 10.00. The molecule has 0 bridgehead atoms. The van der Waals surface area contributed by atoms with Crippen LogP contribution in [0.25, 0.3) is 0 Å². The highest BCUT2D eigenvalue weighted by molar-refractivity contribution is 6.35. The number of nitrogens with one attached hydrogen (secondary N) is 1. The molecule has 0 saturated heterocycles. The number of amides is 1. The van der Waals surface area contributed by atoms with E-state index in [1.54, 1.807) is 56.3 Å². The van der Waals surface area contributed by atoms with Gasteiger partial charge in [0, 0.05) is 31.7 Å². The van der Waals surface area contributed by atoms with Crippen molar-refractivity contribution in [3.8, 4) is 5.75 Å². The molecule has 2 N–H and O–H groups in total. The molecule has 34 heavy (non-hydrogen) atoms. The van der Waals surface area contributed by atoms with E-state index in [-0.39, 0.29) is 17.7 Å². The second kappa shape index (κ2) is 10.6. The standard InChI is InChI=1S/C25H21Cl3FNO4/c1-25(2,13-22(31)32)30-24(33)15-5-10-21(20(29)11-15)34-23(14-3-6-16(26)7-4-14)18-9-8-17(27)12-19(18)28/h3-12,23H,13H2,1-2H3,(H,30,33)(H,31,32). The number of rotatable bonds is 8. The summed E-state index contributed by atoms with van der Waals surface area (Å²) in [5, 5.41) is 12.9. The fourth-order valence-corrected chi connectivity index (χ4v) is 3.96. The van der Waals surface area contributed by atoms with Gasteiger partial charge < -0.3 is 15.2 Å². The quantitative estimate of drug-likeness (QED) is 0.335. The van der Waals surface area contributed by atoms with Crippen LogP contribution in [0, 0.1) is 5.82 Å². The number of hydrogen-bond donors (Lipinski definition) is 2. The summed E-state index contributed by atoms with van der Waals surface area (Å²) in [6.07, 6.45) is -1.07. The van der Waals surface area contributed by atoms with Gasteiger partial charge in [0.25, 0.3) is 5.91 Å². The molecule has 0 aliphatic rings. The SMILES string of the molecule is CC(C)(CC(=O)O)NC(=O)c1ccc(OC(c2ccc(Cl)cc2)c2ccc(Cl)cc2Cl)c(F)c1. The number of carboxylic acid groups (broad SMARTS) is 1. The predicted molar refractivity (Wildman–Crippen MR) is 131 cm³/mol. The third kappa shape index (κ3) is 6.63. The van der Waals surface area contributed by atoms with E-state index in [0.29, 0.717) is 26.2 Å². The number of carbonyl (C=O) groups is 2. The van der Waals surface area contributed by atoms with Crippen LogP contribution in [0.5, 0.6) is 5.75 Å². The minimum atomic E-state index is -1.06. The van der Waals surface area contributed by atoms with Gasteiger partial charge >= 0.3 is 5.97 Å². The van der Waals surface area contributed by atoms with Crippen molar-refractivity contribution in [2.24, 2.45) is 0 Å². The molecular weight excluding hydrogens is 504 g/mol. The van der Waals surface area contributed by atoms with Gasteiger partial charge in [-0.1, -0.05) is 53.0 Å². The van der Waals surface area contributed by atoms with E-state index in [1.807, 2.05) is 0 Å². The van der Waals surface area contributed by atoms with Crippen molar-refractivity contribution in [2.45, 2.75) is 31.9 Å². The van der Waals surface area contributed by atoms with Gasteiger partial charge in [-0.3, -0.25) is 9.59 Å². The molecule has 0 saturated carbocycles. The van der Waals surface area contributed by atoms with Gasteiger partial charge in [-0.2, -0.15) is 0 Å². The lowest BCUT2D eigenvalue weighted by Crippen LogP contribution is -2.44. The van der Waals surface area contributed by atoms with Crippen LogP contribution in [-0.2, 0) is 4.79 Å². The largest absolute Gasteiger partial charge is 0.481 e. The fourth-order valence-electron chi connectivity index (χ4n) is 3.33. The highest BCUT2D eigenvalue weighted by Crippen LogP contribution is 2.35. The molecule has 9 heteroatoms. The molecule has 0 radical (unpaired) electrons. The summed E-state index contributed by atoms with van der Waals surface area (Å²) >= 11 is 18.4. The molecular formula is C25H21Cl3FNO4. The van der Waals surface area contributed by atoms with Crippen LogP contribution in [0.2, 0.25) is 15.1 Å². The second-order valence-electron chi connectivity index (χ2n) is 8.27. The molecule has 0 aliphatic carbocycles. The Morgan fingerprint density at radius 2 is 1.65 bits per heavy atom. The van der Waals surface area contributed by atoms with Gasteiger partial charge in [-0.05, 0) is 61.9 Å². The molecule has 0 aromatic heterocycles. The van der Waals surface area contributed by atoms with Crippen molar-refractivity contribution >= 4 is 46.7 Å². The van der Waals surface area contributed by atoms with Crippen LogP contribution in [0.15, 0.2) is 60.7 Å². The van der Waals surface area contributed by atoms with Crippen LogP contribution < -0.4 is 10.1 Å². The molecule has 1 atom stereocenters. The van der Waals surface area contributed by atoms with Crippen molar-refractivity contribution in [1.29, 1.82) is 0 Å². The Balaban J connectivity index is 1.90. The van der Waals surface area contributed by atoms with E-state index in [4.69, 9.17) is 44.6 Å². The molecule has 3 aromatic carbocycles. The first-order valence-corrected chi connectivity index (χ1v) is 11.3. The Hall–Kier alpha value is -2.80. The number of benzene rings is 3. The van der Waals surface area contributed by atoms with Gasteiger partial charge in [-0.15, -0.1) is 0 Å². The number of aliphatic carboxylic acids is 1. The lowest BCUT2D eigenvalue weighted by Gasteiger charge is -2.24. The van der Waals surface area contributed by atoms with Crippen molar-refractivity contribution in [3.05, 3.63) is 98.2 Å². The topological polar surface area (TPSA) is 75.6 Å². The van der Waals surface area contributed by atoms with Gasteiger partial charge in [0.05, 0.1) is 6.42 Å². The Bertz CT molecular complexity index is 1220. The Kier molecular flexibility index (Phi) is 8.08. The molecule has 3 aromatic rings. The highest BCUT2D eigenvalue weighted by atomic mass is 35.5. The minimum absolute atomic E-state index is 0.0240. The number of ether oxygens (including phenoxy) is 1. The van der Waals surface area contributed by atoms with Gasteiger partial charge in [-0.25, -0.2) is 4.39 Å². The summed E-state index contributed by atoms with van der Waals surface area (Å²) in [4.78, 5) is 23.5. The summed E-state index contributed by atoms with van der Waals surface area (Å²) in [6, 6.07) is 15.5. The van der Waals surface area contributed by atoms with Crippen LogP contribution >= 0.6 is 34.8 Å². The van der Waals surface area contributed by atoms with E-state index in [0.717, 1.165) is 6.07 Å². The minimum Gasteiger partial charge on any atom is -0.481 e. The third-order valence-electron chi connectivity index (χ3n) is 4.90. The van der Waals surface area contributed by atoms with E-state index in [1.165, 1.54) is 12.1 Å². The molecule has 178 valence electrons. The Labute approximate surface area is 211 Å². The summed E-state index contributed by atoms with van der Waals surface area (Å²) in [6.45, 7) is 3.14. The zero-order valence-electron chi connectivity index (χ0n) is 18.2. The first-order valence-electron chi connectivity index (χ1n) is 10.2. The van der Waals surface area contributed by atoms with E-state index < -0.39 is 29.3 Å².